The fourth-order valence-corrected chi connectivity index (χ4v) is 5.10. The molecule has 2 heterocycles. The van der Waals surface area contributed by atoms with E-state index in [-0.39, 0.29) is 6.04 Å². The molecule has 0 fully saturated rings. The third kappa shape index (κ3) is 3.91. The van der Waals surface area contributed by atoms with Crippen LogP contribution in [0.2, 0.25) is 0 Å². The van der Waals surface area contributed by atoms with Gasteiger partial charge >= 0.3 is 0 Å². The van der Waals surface area contributed by atoms with Crippen LogP contribution in [0.15, 0.2) is 19.7 Å². The maximum atomic E-state index is 4.81. The van der Waals surface area contributed by atoms with E-state index in [9.17, 15) is 0 Å². The van der Waals surface area contributed by atoms with Crippen LogP contribution in [0, 0.1) is 0 Å². The number of rotatable bonds is 5. The lowest BCUT2D eigenvalue weighted by Gasteiger charge is -2.18. The van der Waals surface area contributed by atoms with E-state index in [4.69, 9.17) is 4.98 Å². The minimum Gasteiger partial charge on any atom is -0.301 e. The summed E-state index contributed by atoms with van der Waals surface area (Å²) in [5.41, 5.74) is 1.18. The van der Waals surface area contributed by atoms with E-state index < -0.39 is 0 Å². The third-order valence-corrected chi connectivity index (χ3v) is 7.08. The Labute approximate surface area is 145 Å². The normalized spacial score (nSPS) is 13.4. The summed E-state index contributed by atoms with van der Waals surface area (Å²) in [7, 11) is 0. The summed E-state index contributed by atoms with van der Waals surface area (Å²) in [6.07, 6.45) is 0. The number of thiazole rings is 1. The van der Waals surface area contributed by atoms with E-state index in [1.165, 1.54) is 10.6 Å². The van der Waals surface area contributed by atoms with E-state index in [0.717, 1.165) is 13.3 Å². The molecular formula is C14H18Br2N2S2. The Balaban J connectivity index is 2.35. The smallest absolute Gasteiger partial charge is 0.115 e. The first-order valence-corrected chi connectivity index (χ1v) is 9.82. The Morgan fingerprint density at radius 3 is 2.35 bits per heavy atom. The highest BCUT2D eigenvalue weighted by Crippen LogP contribution is 2.38. The topological polar surface area (TPSA) is 24.9 Å². The molecule has 2 rings (SSSR count). The molecule has 110 valence electrons. The van der Waals surface area contributed by atoms with Crippen molar-refractivity contribution in [3.8, 4) is 0 Å². The Hall–Kier alpha value is 0.250. The van der Waals surface area contributed by atoms with Gasteiger partial charge in [-0.2, -0.15) is 0 Å². The molecule has 1 atom stereocenters. The Kier molecular flexibility index (Phi) is 5.82. The molecule has 1 N–H and O–H groups in total. The molecule has 0 aromatic carbocycles. The van der Waals surface area contributed by atoms with Gasteiger partial charge in [0, 0.05) is 20.8 Å². The Bertz CT molecular complexity index is 556. The van der Waals surface area contributed by atoms with Crippen LogP contribution < -0.4 is 5.32 Å². The average Bonchev–Trinajstić information content (AvgIpc) is 2.94. The zero-order valence-corrected chi connectivity index (χ0v) is 16.7. The van der Waals surface area contributed by atoms with E-state index in [1.54, 1.807) is 22.7 Å². The van der Waals surface area contributed by atoms with Crippen molar-refractivity contribution in [2.75, 3.05) is 0 Å². The van der Waals surface area contributed by atoms with Gasteiger partial charge in [-0.25, -0.2) is 4.98 Å². The standard InChI is InChI=1S/C14H18Br2N2S2/c1-7(2)10-6-19-14(18-10)12(17-8(3)4)11-5-9(15)13(16)20-11/h5-8,12,17H,1-4H3. The number of aromatic nitrogens is 1. The van der Waals surface area contributed by atoms with Gasteiger partial charge < -0.3 is 5.32 Å². The monoisotopic (exact) mass is 436 g/mol. The highest BCUT2D eigenvalue weighted by Gasteiger charge is 2.22. The van der Waals surface area contributed by atoms with Crippen LogP contribution >= 0.6 is 54.5 Å². The second-order valence-corrected chi connectivity index (χ2v) is 9.44. The number of halogens is 2. The van der Waals surface area contributed by atoms with Gasteiger partial charge in [0.1, 0.15) is 5.01 Å². The van der Waals surface area contributed by atoms with Gasteiger partial charge in [0.15, 0.2) is 0 Å². The Morgan fingerprint density at radius 2 is 1.90 bits per heavy atom. The summed E-state index contributed by atoms with van der Waals surface area (Å²) in [5, 5.41) is 6.94. The zero-order chi connectivity index (χ0) is 14.9. The molecular weight excluding hydrogens is 420 g/mol. The van der Waals surface area contributed by atoms with Crippen LogP contribution in [-0.4, -0.2) is 11.0 Å². The number of nitrogens with zero attached hydrogens (tertiary/aromatic N) is 1. The van der Waals surface area contributed by atoms with Crippen LogP contribution in [0.5, 0.6) is 0 Å². The molecule has 6 heteroatoms. The summed E-state index contributed by atoms with van der Waals surface area (Å²) in [5.74, 6) is 0.474. The molecule has 0 saturated heterocycles. The van der Waals surface area contributed by atoms with Gasteiger partial charge in [-0.1, -0.05) is 13.8 Å². The predicted molar refractivity (Wildman–Crippen MR) is 96.0 cm³/mol. The maximum absolute atomic E-state index is 4.81. The number of thiophene rings is 1. The van der Waals surface area contributed by atoms with Crippen molar-refractivity contribution >= 4 is 54.5 Å². The summed E-state index contributed by atoms with van der Waals surface area (Å²) in [6.45, 7) is 8.70. The second-order valence-electron chi connectivity index (χ2n) is 5.29. The highest BCUT2D eigenvalue weighted by atomic mass is 79.9. The zero-order valence-electron chi connectivity index (χ0n) is 11.9. The molecule has 2 aromatic rings. The fraction of sp³-hybridized carbons (Fsp3) is 0.500. The molecule has 0 radical (unpaired) electrons. The Morgan fingerprint density at radius 1 is 1.20 bits per heavy atom. The lowest BCUT2D eigenvalue weighted by molar-refractivity contribution is 0.531. The lowest BCUT2D eigenvalue weighted by atomic mass is 10.1. The van der Waals surface area contributed by atoms with Crippen molar-refractivity contribution < 1.29 is 0 Å². The largest absolute Gasteiger partial charge is 0.301 e. The van der Waals surface area contributed by atoms with Gasteiger partial charge in [-0.05, 0) is 57.7 Å². The first-order chi connectivity index (χ1) is 9.38. The average molecular weight is 438 g/mol. The van der Waals surface area contributed by atoms with Crippen molar-refractivity contribution in [3.05, 3.63) is 35.3 Å². The van der Waals surface area contributed by atoms with Gasteiger partial charge in [-0.3, -0.25) is 0 Å². The summed E-state index contributed by atoms with van der Waals surface area (Å²) >= 11 is 10.6. The summed E-state index contributed by atoms with van der Waals surface area (Å²) < 4.78 is 2.23. The molecule has 0 spiro atoms. The number of nitrogens with one attached hydrogen (secondary N) is 1. The summed E-state index contributed by atoms with van der Waals surface area (Å²) in [4.78, 5) is 6.09. The minimum atomic E-state index is 0.167. The minimum absolute atomic E-state index is 0.167. The molecule has 1 unspecified atom stereocenters. The van der Waals surface area contributed by atoms with Gasteiger partial charge in [0.05, 0.1) is 15.5 Å². The van der Waals surface area contributed by atoms with Crippen molar-refractivity contribution in [3.63, 3.8) is 0 Å². The van der Waals surface area contributed by atoms with Crippen LogP contribution in [0.4, 0.5) is 0 Å². The third-order valence-electron chi connectivity index (χ3n) is 2.83. The van der Waals surface area contributed by atoms with Crippen LogP contribution in [0.1, 0.15) is 55.2 Å². The van der Waals surface area contributed by atoms with Gasteiger partial charge in [0.2, 0.25) is 0 Å². The molecule has 0 bridgehead atoms. The van der Waals surface area contributed by atoms with E-state index in [0.29, 0.717) is 12.0 Å². The van der Waals surface area contributed by atoms with E-state index >= 15 is 0 Å². The van der Waals surface area contributed by atoms with Gasteiger partial charge in [0.25, 0.3) is 0 Å². The molecule has 0 aliphatic rings. The van der Waals surface area contributed by atoms with Gasteiger partial charge in [-0.15, -0.1) is 22.7 Å². The summed E-state index contributed by atoms with van der Waals surface area (Å²) in [6, 6.07) is 2.75. The van der Waals surface area contributed by atoms with Crippen molar-refractivity contribution in [1.29, 1.82) is 0 Å². The maximum Gasteiger partial charge on any atom is 0.115 e. The van der Waals surface area contributed by atoms with Crippen molar-refractivity contribution in [2.24, 2.45) is 0 Å². The van der Waals surface area contributed by atoms with Crippen molar-refractivity contribution in [2.45, 2.75) is 45.7 Å². The number of hydrogen-bond donors (Lipinski definition) is 1. The molecule has 0 saturated carbocycles. The highest BCUT2D eigenvalue weighted by molar-refractivity contribution is 9.13. The molecule has 2 aromatic heterocycles. The van der Waals surface area contributed by atoms with E-state index in [2.05, 4.69) is 76.3 Å². The van der Waals surface area contributed by atoms with Crippen molar-refractivity contribution in [1.82, 2.24) is 10.3 Å². The SMILES string of the molecule is CC(C)NC(c1cc(Br)c(Br)s1)c1nc(C(C)C)cs1. The van der Waals surface area contributed by atoms with Crippen LogP contribution in [-0.2, 0) is 0 Å². The first-order valence-electron chi connectivity index (χ1n) is 6.54. The molecule has 20 heavy (non-hydrogen) atoms. The molecule has 2 nitrogen and oxygen atoms in total. The quantitative estimate of drug-likeness (QED) is 0.625. The molecule has 0 amide bonds. The fourth-order valence-electron chi connectivity index (χ4n) is 1.81. The second kappa shape index (κ2) is 7.01. The lowest BCUT2D eigenvalue weighted by Crippen LogP contribution is -2.28. The predicted octanol–water partition coefficient (Wildman–Crippen LogP) is 5.94. The molecule has 0 aliphatic heterocycles. The molecule has 0 aliphatic carbocycles. The van der Waals surface area contributed by atoms with E-state index in [1.807, 2.05) is 0 Å². The van der Waals surface area contributed by atoms with Crippen LogP contribution in [0.25, 0.3) is 0 Å². The number of hydrogen-bond acceptors (Lipinski definition) is 4. The van der Waals surface area contributed by atoms with Crippen LogP contribution in [0.3, 0.4) is 0 Å². The first kappa shape index (κ1) is 16.6.